The van der Waals surface area contributed by atoms with E-state index in [-0.39, 0.29) is 0 Å². The lowest BCUT2D eigenvalue weighted by atomic mass is 9.96. The lowest BCUT2D eigenvalue weighted by Gasteiger charge is -2.14. The van der Waals surface area contributed by atoms with Gasteiger partial charge in [-0.05, 0) is 50.4 Å². The molecule has 2 nitrogen and oxygen atoms in total. The summed E-state index contributed by atoms with van der Waals surface area (Å²) in [6.07, 6.45) is 3.48. The van der Waals surface area contributed by atoms with Gasteiger partial charge in [0.1, 0.15) is 0 Å². The first-order valence-electron chi connectivity index (χ1n) is 7.06. The quantitative estimate of drug-likeness (QED) is 0.824. The summed E-state index contributed by atoms with van der Waals surface area (Å²) in [6.45, 7) is 8.76. The summed E-state index contributed by atoms with van der Waals surface area (Å²) in [5.41, 5.74) is 8.53. The highest BCUT2D eigenvalue weighted by Gasteiger charge is 2.18. The molecule has 0 unspecified atom stereocenters. The Morgan fingerprint density at radius 1 is 1.16 bits per heavy atom. The van der Waals surface area contributed by atoms with Crippen molar-refractivity contribution in [3.05, 3.63) is 40.6 Å². The lowest BCUT2D eigenvalue weighted by Crippen LogP contribution is -2.20. The van der Waals surface area contributed by atoms with Gasteiger partial charge in [-0.15, -0.1) is 0 Å². The molecule has 0 aliphatic carbocycles. The smallest absolute Gasteiger partial charge is 0.0518 e. The van der Waals surface area contributed by atoms with Gasteiger partial charge < -0.3 is 9.88 Å². The lowest BCUT2D eigenvalue weighted by molar-refractivity contribution is 0.738. The number of aryl methyl sites for hydroxylation is 3. The van der Waals surface area contributed by atoms with E-state index in [1.165, 1.54) is 38.9 Å². The Morgan fingerprint density at radius 2 is 1.95 bits per heavy atom. The fourth-order valence-electron chi connectivity index (χ4n) is 3.22. The Balaban J connectivity index is 2.34. The number of nitrogens with zero attached hydrogens (tertiary/aromatic N) is 1. The van der Waals surface area contributed by atoms with Gasteiger partial charge in [-0.2, -0.15) is 0 Å². The van der Waals surface area contributed by atoms with Crippen molar-refractivity contribution in [1.82, 2.24) is 9.88 Å². The van der Waals surface area contributed by atoms with Crippen LogP contribution in [0.15, 0.2) is 18.2 Å². The zero-order valence-corrected chi connectivity index (χ0v) is 12.3. The molecule has 0 saturated heterocycles. The number of hydrogen-bond acceptors (Lipinski definition) is 1. The highest BCUT2D eigenvalue weighted by Crippen LogP contribution is 2.35. The molecule has 0 saturated carbocycles. The molecule has 0 fully saturated rings. The third kappa shape index (κ3) is 1.82. The molecule has 1 aromatic heterocycles. The van der Waals surface area contributed by atoms with Crippen LogP contribution in [0.5, 0.6) is 0 Å². The fraction of sp³-hybridized carbons (Fsp3) is 0.412. The van der Waals surface area contributed by atoms with Gasteiger partial charge >= 0.3 is 0 Å². The van der Waals surface area contributed by atoms with E-state index in [1.54, 1.807) is 0 Å². The Labute approximate surface area is 115 Å². The second kappa shape index (κ2) is 4.53. The normalized spacial score (nSPS) is 15.9. The van der Waals surface area contributed by atoms with Crippen LogP contribution in [-0.4, -0.2) is 17.7 Å². The van der Waals surface area contributed by atoms with Crippen LogP contribution in [0.2, 0.25) is 0 Å². The molecule has 2 heteroatoms. The molecule has 2 heterocycles. The van der Waals surface area contributed by atoms with E-state index >= 15 is 0 Å². The van der Waals surface area contributed by atoms with Crippen LogP contribution >= 0.6 is 0 Å². The van der Waals surface area contributed by atoms with E-state index in [9.17, 15) is 0 Å². The molecular formula is C17H22N2. The largest absolute Gasteiger partial charge is 0.347 e. The molecular weight excluding hydrogens is 232 g/mol. The maximum atomic E-state index is 3.40. The summed E-state index contributed by atoms with van der Waals surface area (Å²) < 4.78 is 2.36. The van der Waals surface area contributed by atoms with Gasteiger partial charge in [-0.1, -0.05) is 18.2 Å². The van der Waals surface area contributed by atoms with Crippen LogP contribution in [0.4, 0.5) is 0 Å². The summed E-state index contributed by atoms with van der Waals surface area (Å²) in [6, 6.07) is 4.55. The van der Waals surface area contributed by atoms with Crippen molar-refractivity contribution in [1.29, 1.82) is 0 Å². The standard InChI is InChI=1S/C17H22N2/c1-11-5-6-15-16(14-7-9-18-10-8-14)13(3)19(4)17(15)12(11)2/h5-7,18H,8-10H2,1-4H3. The maximum absolute atomic E-state index is 3.40. The Kier molecular flexibility index (Phi) is 2.98. The monoisotopic (exact) mass is 254 g/mol. The number of fused-ring (bicyclic) bond motifs is 1. The fourth-order valence-corrected chi connectivity index (χ4v) is 3.22. The molecule has 1 aliphatic rings. The predicted octanol–water partition coefficient (Wildman–Crippen LogP) is 3.48. The van der Waals surface area contributed by atoms with Gasteiger partial charge in [-0.25, -0.2) is 0 Å². The van der Waals surface area contributed by atoms with Crippen molar-refractivity contribution in [2.45, 2.75) is 27.2 Å². The van der Waals surface area contributed by atoms with Crippen molar-refractivity contribution < 1.29 is 0 Å². The van der Waals surface area contributed by atoms with Crippen molar-refractivity contribution in [2.75, 3.05) is 13.1 Å². The second-order valence-electron chi connectivity index (χ2n) is 5.61. The van der Waals surface area contributed by atoms with Crippen LogP contribution in [0, 0.1) is 20.8 Å². The third-order valence-corrected chi connectivity index (χ3v) is 4.56. The topological polar surface area (TPSA) is 17.0 Å². The minimum atomic E-state index is 0.996. The van der Waals surface area contributed by atoms with Gasteiger partial charge in [0.15, 0.2) is 0 Å². The zero-order chi connectivity index (χ0) is 13.6. The molecule has 1 aromatic carbocycles. The number of aromatic nitrogens is 1. The van der Waals surface area contributed by atoms with Gasteiger partial charge in [0, 0.05) is 30.2 Å². The summed E-state index contributed by atoms with van der Waals surface area (Å²) >= 11 is 0. The van der Waals surface area contributed by atoms with Crippen molar-refractivity contribution in [3.63, 3.8) is 0 Å². The highest BCUT2D eigenvalue weighted by molar-refractivity contribution is 5.97. The van der Waals surface area contributed by atoms with E-state index < -0.39 is 0 Å². The molecule has 0 spiro atoms. The van der Waals surface area contributed by atoms with E-state index in [0.717, 1.165) is 19.5 Å². The first-order chi connectivity index (χ1) is 9.11. The molecule has 3 rings (SSSR count). The average molecular weight is 254 g/mol. The minimum Gasteiger partial charge on any atom is -0.347 e. The molecule has 0 atom stereocenters. The maximum Gasteiger partial charge on any atom is 0.0518 e. The van der Waals surface area contributed by atoms with Crippen LogP contribution in [-0.2, 0) is 7.05 Å². The summed E-state index contributed by atoms with van der Waals surface area (Å²) in [5.74, 6) is 0. The average Bonchev–Trinajstić information content (AvgIpc) is 2.68. The van der Waals surface area contributed by atoms with Crippen molar-refractivity contribution in [2.24, 2.45) is 7.05 Å². The molecule has 1 N–H and O–H groups in total. The van der Waals surface area contributed by atoms with Crippen LogP contribution in [0.3, 0.4) is 0 Å². The van der Waals surface area contributed by atoms with Gasteiger partial charge in [0.2, 0.25) is 0 Å². The van der Waals surface area contributed by atoms with Gasteiger partial charge in [0.05, 0.1) is 5.52 Å². The number of nitrogens with one attached hydrogen (secondary N) is 1. The molecule has 0 amide bonds. The molecule has 19 heavy (non-hydrogen) atoms. The minimum absolute atomic E-state index is 0.996. The molecule has 0 radical (unpaired) electrons. The van der Waals surface area contributed by atoms with Crippen LogP contribution in [0.1, 0.15) is 28.8 Å². The highest BCUT2D eigenvalue weighted by atomic mass is 14.9. The van der Waals surface area contributed by atoms with Crippen molar-refractivity contribution >= 4 is 16.5 Å². The van der Waals surface area contributed by atoms with E-state index in [2.05, 4.69) is 55.9 Å². The van der Waals surface area contributed by atoms with E-state index in [0.29, 0.717) is 0 Å². The zero-order valence-electron chi connectivity index (χ0n) is 12.3. The van der Waals surface area contributed by atoms with E-state index in [4.69, 9.17) is 0 Å². The first-order valence-corrected chi connectivity index (χ1v) is 7.06. The van der Waals surface area contributed by atoms with Crippen LogP contribution in [0.25, 0.3) is 16.5 Å². The SMILES string of the molecule is Cc1ccc2c(C3=CCNCC3)c(C)n(C)c2c1C. The van der Waals surface area contributed by atoms with E-state index in [1.807, 2.05) is 0 Å². The Morgan fingerprint density at radius 3 is 2.63 bits per heavy atom. The molecule has 1 aliphatic heterocycles. The molecule has 100 valence electrons. The Hall–Kier alpha value is -1.54. The molecule has 2 aromatic rings. The van der Waals surface area contributed by atoms with Crippen LogP contribution < -0.4 is 5.32 Å². The predicted molar refractivity (Wildman–Crippen MR) is 82.6 cm³/mol. The summed E-state index contributed by atoms with van der Waals surface area (Å²) in [4.78, 5) is 0. The Bertz CT molecular complexity index is 674. The summed E-state index contributed by atoms with van der Waals surface area (Å²) in [7, 11) is 2.19. The first kappa shape index (κ1) is 12.5. The summed E-state index contributed by atoms with van der Waals surface area (Å²) in [5, 5.41) is 4.81. The third-order valence-electron chi connectivity index (χ3n) is 4.56. The molecule has 0 bridgehead atoms. The van der Waals surface area contributed by atoms with Gasteiger partial charge in [-0.3, -0.25) is 0 Å². The number of rotatable bonds is 1. The second-order valence-corrected chi connectivity index (χ2v) is 5.61. The van der Waals surface area contributed by atoms with Crippen molar-refractivity contribution in [3.8, 4) is 0 Å². The van der Waals surface area contributed by atoms with Gasteiger partial charge in [0.25, 0.3) is 0 Å². The number of hydrogen-bond donors (Lipinski definition) is 1. The number of benzene rings is 1.